The Hall–Kier alpha value is -0.920. The molecular weight excluding hydrogens is 225 g/mol. The molecule has 0 radical (unpaired) electrons. The highest BCUT2D eigenvalue weighted by Gasteiger charge is 2.06. The van der Waals surface area contributed by atoms with E-state index in [2.05, 4.69) is 10.6 Å². The zero-order valence-electron chi connectivity index (χ0n) is 7.52. The number of carbonyl (C=O) groups excluding carboxylic acids is 1. The summed E-state index contributed by atoms with van der Waals surface area (Å²) in [5.74, 6) is 0.299. The first-order chi connectivity index (χ1) is 6.76. The van der Waals surface area contributed by atoms with Crippen molar-refractivity contribution in [1.82, 2.24) is 10.6 Å². The van der Waals surface area contributed by atoms with Crippen LogP contribution in [0.15, 0.2) is 11.8 Å². The lowest BCUT2D eigenvalue weighted by Gasteiger charge is -2.01. The molecule has 0 aromatic heterocycles. The van der Waals surface area contributed by atoms with Crippen LogP contribution in [0.4, 0.5) is 0 Å². The number of carbonyl (C=O) groups is 1. The summed E-state index contributed by atoms with van der Waals surface area (Å²) in [5.41, 5.74) is 0.0141. The second-order valence-corrected chi connectivity index (χ2v) is 3.01. The fraction of sp³-hybridized carbons (Fsp3) is 0.500. The number of rotatable bonds is 6. The molecule has 0 aliphatic rings. The van der Waals surface area contributed by atoms with Gasteiger partial charge in [0.15, 0.2) is 0 Å². The van der Waals surface area contributed by atoms with Crippen LogP contribution in [-0.2, 0) is 4.79 Å². The van der Waals surface area contributed by atoms with Crippen molar-refractivity contribution in [1.29, 1.82) is 5.26 Å². The van der Waals surface area contributed by atoms with Crippen molar-refractivity contribution < 1.29 is 4.79 Å². The Morgan fingerprint density at radius 3 is 2.50 bits per heavy atom. The Morgan fingerprint density at radius 2 is 2.00 bits per heavy atom. The van der Waals surface area contributed by atoms with E-state index in [1.54, 1.807) is 6.07 Å². The minimum absolute atomic E-state index is 0.0141. The van der Waals surface area contributed by atoms with E-state index >= 15 is 0 Å². The molecule has 0 aliphatic carbocycles. The molecule has 0 spiro atoms. The van der Waals surface area contributed by atoms with Gasteiger partial charge in [0.05, 0.1) is 0 Å². The normalized spacial score (nSPS) is 10.5. The van der Waals surface area contributed by atoms with Gasteiger partial charge in [0.2, 0.25) is 0 Å². The van der Waals surface area contributed by atoms with Crippen molar-refractivity contribution in [3.63, 3.8) is 0 Å². The number of nitriles is 1. The monoisotopic (exact) mass is 235 g/mol. The van der Waals surface area contributed by atoms with Gasteiger partial charge >= 0.3 is 0 Å². The highest BCUT2D eigenvalue weighted by atomic mass is 35.5. The number of alkyl halides is 2. The van der Waals surface area contributed by atoms with Gasteiger partial charge in [-0.3, -0.25) is 4.79 Å². The third-order valence-electron chi connectivity index (χ3n) is 1.23. The van der Waals surface area contributed by atoms with Crippen molar-refractivity contribution in [2.45, 2.75) is 0 Å². The average molecular weight is 236 g/mol. The Morgan fingerprint density at radius 1 is 1.36 bits per heavy atom. The van der Waals surface area contributed by atoms with Crippen molar-refractivity contribution in [3.05, 3.63) is 11.8 Å². The second kappa shape index (κ2) is 8.67. The smallest absolute Gasteiger partial charge is 0.263 e. The Kier molecular flexibility index (Phi) is 8.10. The predicted octanol–water partition coefficient (Wildman–Crippen LogP) is 0.577. The van der Waals surface area contributed by atoms with Crippen molar-refractivity contribution >= 4 is 29.1 Å². The highest BCUT2D eigenvalue weighted by molar-refractivity contribution is 6.18. The van der Waals surface area contributed by atoms with E-state index in [4.69, 9.17) is 28.5 Å². The maximum Gasteiger partial charge on any atom is 0.263 e. The number of hydrogen-bond donors (Lipinski definition) is 2. The molecule has 0 rings (SSSR count). The molecule has 1 amide bonds. The van der Waals surface area contributed by atoms with E-state index in [1.165, 1.54) is 6.20 Å². The van der Waals surface area contributed by atoms with Crippen LogP contribution >= 0.6 is 23.2 Å². The molecule has 0 heterocycles. The van der Waals surface area contributed by atoms with Crippen molar-refractivity contribution in [2.24, 2.45) is 0 Å². The summed E-state index contributed by atoms with van der Waals surface area (Å²) in [6, 6.07) is 1.77. The third-order valence-corrected chi connectivity index (χ3v) is 1.61. The van der Waals surface area contributed by atoms with E-state index in [9.17, 15) is 4.79 Å². The first-order valence-electron chi connectivity index (χ1n) is 4.00. The second-order valence-electron chi connectivity index (χ2n) is 2.26. The Bertz CT molecular complexity index is 247. The molecule has 0 saturated carbocycles. The largest absolute Gasteiger partial charge is 0.388 e. The molecule has 14 heavy (non-hydrogen) atoms. The summed E-state index contributed by atoms with van der Waals surface area (Å²) < 4.78 is 0. The number of hydrogen-bond acceptors (Lipinski definition) is 3. The first kappa shape index (κ1) is 13.1. The van der Waals surface area contributed by atoms with Crippen LogP contribution < -0.4 is 10.6 Å². The summed E-state index contributed by atoms with van der Waals surface area (Å²) in [6.07, 6.45) is 1.34. The highest BCUT2D eigenvalue weighted by Crippen LogP contribution is 1.90. The topological polar surface area (TPSA) is 64.9 Å². The quantitative estimate of drug-likeness (QED) is 0.307. The minimum Gasteiger partial charge on any atom is -0.388 e. The van der Waals surface area contributed by atoms with Crippen LogP contribution in [0.5, 0.6) is 0 Å². The van der Waals surface area contributed by atoms with Gasteiger partial charge in [-0.2, -0.15) is 5.26 Å². The lowest BCUT2D eigenvalue weighted by Crippen LogP contribution is -2.27. The molecule has 0 aromatic carbocycles. The molecule has 2 N–H and O–H groups in total. The summed E-state index contributed by atoms with van der Waals surface area (Å²) in [7, 11) is 0. The molecule has 0 fully saturated rings. The van der Waals surface area contributed by atoms with Crippen LogP contribution in [0.25, 0.3) is 0 Å². The molecule has 0 unspecified atom stereocenters. The first-order valence-corrected chi connectivity index (χ1v) is 5.07. The fourth-order valence-electron chi connectivity index (χ4n) is 0.633. The lowest BCUT2D eigenvalue weighted by molar-refractivity contribution is -0.117. The standard InChI is InChI=1S/C8H11Cl2N3O/c9-1-3-12-6-7(5-11)8(14)13-4-2-10/h6,12H,1-4H2,(H,13,14)/b7-6-. The fourth-order valence-corrected chi connectivity index (χ4v) is 0.837. The summed E-state index contributed by atoms with van der Waals surface area (Å²) >= 11 is 10.8. The maximum absolute atomic E-state index is 11.2. The number of halogens is 2. The zero-order valence-corrected chi connectivity index (χ0v) is 9.03. The number of amides is 1. The molecule has 4 nitrogen and oxygen atoms in total. The summed E-state index contributed by atoms with van der Waals surface area (Å²) in [6.45, 7) is 0.852. The van der Waals surface area contributed by atoms with E-state index in [1.807, 2.05) is 0 Å². The van der Waals surface area contributed by atoms with Crippen LogP contribution in [0.2, 0.25) is 0 Å². The number of nitrogens with one attached hydrogen (secondary N) is 2. The third kappa shape index (κ3) is 5.68. The van der Waals surface area contributed by atoms with Gasteiger partial charge < -0.3 is 10.6 Å². The van der Waals surface area contributed by atoms with Crippen LogP contribution in [-0.4, -0.2) is 30.8 Å². The van der Waals surface area contributed by atoms with Gasteiger partial charge in [-0.1, -0.05) is 0 Å². The lowest BCUT2D eigenvalue weighted by atomic mass is 10.3. The van der Waals surface area contributed by atoms with Gasteiger partial charge in [-0.25, -0.2) is 0 Å². The molecule has 0 aromatic rings. The van der Waals surface area contributed by atoms with E-state index in [0.29, 0.717) is 24.8 Å². The van der Waals surface area contributed by atoms with E-state index < -0.39 is 5.91 Å². The zero-order chi connectivity index (χ0) is 10.8. The van der Waals surface area contributed by atoms with Crippen molar-refractivity contribution in [2.75, 3.05) is 24.8 Å². The molecular formula is C8H11Cl2N3O. The van der Waals surface area contributed by atoms with E-state index in [0.717, 1.165) is 0 Å². The summed E-state index contributed by atoms with van der Waals surface area (Å²) in [4.78, 5) is 11.2. The minimum atomic E-state index is -0.435. The maximum atomic E-state index is 11.2. The van der Waals surface area contributed by atoms with Gasteiger partial charge in [-0.05, 0) is 0 Å². The average Bonchev–Trinajstić information content (AvgIpc) is 2.21. The molecule has 0 atom stereocenters. The summed E-state index contributed by atoms with van der Waals surface area (Å²) in [5, 5.41) is 13.8. The molecule has 78 valence electrons. The van der Waals surface area contributed by atoms with Gasteiger partial charge in [0.1, 0.15) is 11.6 Å². The number of nitrogens with zero attached hydrogens (tertiary/aromatic N) is 1. The van der Waals surface area contributed by atoms with Crippen LogP contribution in [0, 0.1) is 11.3 Å². The Labute approximate surface area is 92.9 Å². The molecule has 6 heteroatoms. The van der Waals surface area contributed by atoms with Gasteiger partial charge in [-0.15, -0.1) is 23.2 Å². The Balaban J connectivity index is 4.06. The molecule has 0 saturated heterocycles. The van der Waals surface area contributed by atoms with E-state index in [-0.39, 0.29) is 5.57 Å². The van der Waals surface area contributed by atoms with Gasteiger partial charge in [0.25, 0.3) is 5.91 Å². The predicted molar refractivity (Wildman–Crippen MR) is 56.1 cm³/mol. The molecule has 0 aliphatic heterocycles. The SMILES string of the molecule is N#C/C(=C/NCCCl)C(=O)NCCCl. The van der Waals surface area contributed by atoms with Gasteiger partial charge in [0, 0.05) is 31.0 Å². The molecule has 0 bridgehead atoms. The van der Waals surface area contributed by atoms with Crippen LogP contribution in [0.3, 0.4) is 0 Å². The van der Waals surface area contributed by atoms with Crippen molar-refractivity contribution in [3.8, 4) is 6.07 Å². The van der Waals surface area contributed by atoms with Crippen LogP contribution in [0.1, 0.15) is 0 Å².